The topological polar surface area (TPSA) is 26.3 Å². The monoisotopic (exact) mass is 427 g/mol. The van der Waals surface area contributed by atoms with E-state index in [-0.39, 0.29) is 29.9 Å². The molecule has 0 atom stereocenters. The Bertz CT molecular complexity index is 391. The van der Waals surface area contributed by atoms with E-state index in [1.807, 2.05) is 18.2 Å². The number of quaternary nitrogens is 1. The number of hydrogen-bond donors (Lipinski definition) is 0. The second-order valence-electron chi connectivity index (χ2n) is 4.94. The highest BCUT2D eigenvalue weighted by molar-refractivity contribution is 9.08. The quantitative estimate of drug-likeness (QED) is 0.273. The average Bonchev–Trinajstić information content (AvgIpc) is 2.27. The fourth-order valence-electron chi connectivity index (χ4n) is 1.33. The van der Waals surface area contributed by atoms with Crippen LogP contribution in [-0.2, 0) is 10.1 Å². The van der Waals surface area contributed by atoms with E-state index in [4.69, 9.17) is 4.74 Å². The van der Waals surface area contributed by atoms with E-state index in [1.54, 1.807) is 6.07 Å². The molecule has 0 saturated heterocycles. The summed E-state index contributed by atoms with van der Waals surface area (Å²) >= 11 is 3.37. The molecule has 0 heterocycles. The molecule has 0 saturated carbocycles. The van der Waals surface area contributed by atoms with Gasteiger partial charge in [0.2, 0.25) is 0 Å². The number of hydrogen-bond acceptors (Lipinski definition) is 2. The van der Waals surface area contributed by atoms with Crippen LogP contribution in [0.5, 0.6) is 0 Å². The average molecular weight is 428 g/mol. The molecule has 0 aliphatic rings. The number of alkyl halides is 1. The number of rotatable bonds is 5. The Hall–Kier alpha value is -0.140. The van der Waals surface area contributed by atoms with E-state index >= 15 is 0 Å². The molecule has 18 heavy (non-hydrogen) atoms. The zero-order valence-corrected chi connectivity index (χ0v) is 14.7. The third kappa shape index (κ3) is 6.15. The second-order valence-corrected chi connectivity index (χ2v) is 5.50. The molecular weight excluding hydrogens is 409 g/mol. The van der Waals surface area contributed by atoms with Crippen molar-refractivity contribution in [2.45, 2.75) is 5.33 Å². The predicted molar refractivity (Wildman–Crippen MR) is 72.3 cm³/mol. The minimum absolute atomic E-state index is 0. The fraction of sp³-hybridized carbons (Fsp3) is 0.462. The molecule has 0 aliphatic carbocycles. The van der Waals surface area contributed by atoms with Crippen LogP contribution in [0.15, 0.2) is 24.3 Å². The maximum Gasteiger partial charge on any atom is 0.338 e. The summed E-state index contributed by atoms with van der Waals surface area (Å²) in [6, 6.07) is 7.48. The van der Waals surface area contributed by atoms with Gasteiger partial charge >= 0.3 is 5.97 Å². The molecule has 1 aromatic carbocycles. The molecule has 0 unspecified atom stereocenters. The number of halogens is 2. The number of benzene rings is 1. The van der Waals surface area contributed by atoms with Gasteiger partial charge in [-0.3, -0.25) is 0 Å². The number of nitrogens with zero attached hydrogens (tertiary/aromatic N) is 1. The Morgan fingerprint density at radius 1 is 1.28 bits per heavy atom. The van der Waals surface area contributed by atoms with Crippen molar-refractivity contribution in [3.63, 3.8) is 0 Å². The maximum absolute atomic E-state index is 11.9. The van der Waals surface area contributed by atoms with Gasteiger partial charge in [0.1, 0.15) is 13.2 Å². The van der Waals surface area contributed by atoms with E-state index < -0.39 is 0 Å². The highest BCUT2D eigenvalue weighted by Gasteiger charge is 2.13. The fourth-order valence-corrected chi connectivity index (χ4v) is 1.81. The van der Waals surface area contributed by atoms with Crippen LogP contribution in [0.2, 0.25) is 0 Å². The predicted octanol–water partition coefficient (Wildman–Crippen LogP) is -0.551. The van der Waals surface area contributed by atoms with Gasteiger partial charge in [-0.2, -0.15) is 0 Å². The molecule has 0 radical (unpaired) electrons. The number of likely N-dealkylation sites (N-methyl/N-ethyl adjacent to an activating group) is 1. The van der Waals surface area contributed by atoms with Crippen LogP contribution in [0.1, 0.15) is 15.9 Å². The first-order valence-electron chi connectivity index (χ1n) is 5.55. The standard InChI is InChI=1S/C13H19BrNO2.HI/c1-15(2,3)8-9-17-13(16)12-7-5-4-6-11(12)10-14;/h4-7H,8-10H2,1-3H3;1H/q+1;/p-1. The molecule has 1 rings (SSSR count). The lowest BCUT2D eigenvalue weighted by Gasteiger charge is -2.23. The number of ether oxygens (including phenoxy) is 1. The summed E-state index contributed by atoms with van der Waals surface area (Å²) < 4.78 is 6.06. The third-order valence-electron chi connectivity index (χ3n) is 2.38. The van der Waals surface area contributed by atoms with Gasteiger partial charge in [-0.1, -0.05) is 34.1 Å². The molecule has 0 aliphatic heterocycles. The van der Waals surface area contributed by atoms with Crippen molar-refractivity contribution in [1.29, 1.82) is 0 Å². The maximum atomic E-state index is 11.9. The smallest absolute Gasteiger partial charge is 0.338 e. The molecule has 0 N–H and O–H groups in total. The van der Waals surface area contributed by atoms with Gasteiger partial charge in [0.05, 0.1) is 26.7 Å². The highest BCUT2D eigenvalue weighted by atomic mass is 127. The Morgan fingerprint density at radius 3 is 2.44 bits per heavy atom. The minimum atomic E-state index is -0.242. The Balaban J connectivity index is 0.00000289. The Morgan fingerprint density at radius 2 is 1.89 bits per heavy atom. The normalized spacial score (nSPS) is 10.7. The SMILES string of the molecule is C[N+](C)(C)CCOC(=O)c1ccccc1CBr.[I-]. The lowest BCUT2D eigenvalue weighted by Crippen LogP contribution is -3.00. The highest BCUT2D eigenvalue weighted by Crippen LogP contribution is 2.13. The molecule has 0 bridgehead atoms. The Kier molecular flexibility index (Phi) is 8.05. The summed E-state index contributed by atoms with van der Waals surface area (Å²) in [5.74, 6) is -0.242. The molecule has 0 amide bonds. The van der Waals surface area contributed by atoms with Gasteiger partial charge in [0.25, 0.3) is 0 Å². The zero-order chi connectivity index (χ0) is 12.9. The van der Waals surface area contributed by atoms with Crippen LogP contribution >= 0.6 is 15.9 Å². The van der Waals surface area contributed by atoms with Crippen LogP contribution in [0.25, 0.3) is 0 Å². The first-order chi connectivity index (χ1) is 7.94. The van der Waals surface area contributed by atoms with Crippen molar-refractivity contribution in [2.24, 2.45) is 0 Å². The lowest BCUT2D eigenvalue weighted by molar-refractivity contribution is -0.870. The summed E-state index contributed by atoms with van der Waals surface area (Å²) in [5, 5.41) is 0.660. The number of carbonyl (C=O) groups is 1. The Labute approximate surface area is 134 Å². The van der Waals surface area contributed by atoms with E-state index in [1.165, 1.54) is 0 Å². The summed E-state index contributed by atoms with van der Waals surface area (Å²) in [4.78, 5) is 11.9. The number of carbonyl (C=O) groups excluding carboxylic acids is 1. The van der Waals surface area contributed by atoms with Gasteiger partial charge in [0.15, 0.2) is 0 Å². The van der Waals surface area contributed by atoms with Crippen molar-refractivity contribution in [3.8, 4) is 0 Å². The zero-order valence-electron chi connectivity index (χ0n) is 11.0. The van der Waals surface area contributed by atoms with Crippen LogP contribution < -0.4 is 24.0 Å². The van der Waals surface area contributed by atoms with Crippen molar-refractivity contribution in [1.82, 2.24) is 0 Å². The summed E-state index contributed by atoms with van der Waals surface area (Å²) in [6.07, 6.45) is 0. The van der Waals surface area contributed by atoms with E-state index in [0.29, 0.717) is 17.5 Å². The molecule has 0 aromatic heterocycles. The summed E-state index contributed by atoms with van der Waals surface area (Å²) in [7, 11) is 6.21. The van der Waals surface area contributed by atoms with Crippen molar-refractivity contribution in [3.05, 3.63) is 35.4 Å². The van der Waals surface area contributed by atoms with E-state index in [9.17, 15) is 4.79 Å². The van der Waals surface area contributed by atoms with E-state index in [2.05, 4.69) is 37.1 Å². The molecule has 0 fully saturated rings. The second kappa shape index (κ2) is 8.12. The molecule has 102 valence electrons. The van der Waals surface area contributed by atoms with Gasteiger partial charge in [-0.15, -0.1) is 0 Å². The molecule has 5 heteroatoms. The van der Waals surface area contributed by atoms with Crippen LogP contribution in [0.3, 0.4) is 0 Å². The summed E-state index contributed by atoms with van der Waals surface area (Å²) in [6.45, 7) is 1.25. The molecule has 1 aromatic rings. The molecular formula is C13H19BrINO2. The van der Waals surface area contributed by atoms with Gasteiger partial charge in [0, 0.05) is 5.33 Å². The first-order valence-corrected chi connectivity index (χ1v) is 6.67. The minimum Gasteiger partial charge on any atom is -1.00 e. The largest absolute Gasteiger partial charge is 1.00 e. The molecule has 3 nitrogen and oxygen atoms in total. The van der Waals surface area contributed by atoms with Gasteiger partial charge in [-0.05, 0) is 11.6 Å². The van der Waals surface area contributed by atoms with Crippen LogP contribution in [0, 0.1) is 0 Å². The number of esters is 1. The van der Waals surface area contributed by atoms with Crippen LogP contribution in [0.4, 0.5) is 0 Å². The van der Waals surface area contributed by atoms with Crippen molar-refractivity contribution < 1.29 is 38.0 Å². The molecule has 0 spiro atoms. The van der Waals surface area contributed by atoms with Crippen LogP contribution in [-0.4, -0.2) is 44.7 Å². The van der Waals surface area contributed by atoms with Gasteiger partial charge < -0.3 is 33.2 Å². The van der Waals surface area contributed by atoms with Crippen molar-refractivity contribution in [2.75, 3.05) is 34.3 Å². The summed E-state index contributed by atoms with van der Waals surface area (Å²) in [5.41, 5.74) is 1.61. The van der Waals surface area contributed by atoms with E-state index in [0.717, 1.165) is 16.6 Å². The lowest BCUT2D eigenvalue weighted by atomic mass is 10.1. The van der Waals surface area contributed by atoms with Gasteiger partial charge in [-0.25, -0.2) is 4.79 Å². The third-order valence-corrected chi connectivity index (χ3v) is 2.98. The first kappa shape index (κ1) is 17.9. The van der Waals surface area contributed by atoms with Crippen molar-refractivity contribution >= 4 is 21.9 Å².